The monoisotopic (exact) mass is 374 g/mol. The van der Waals surface area contributed by atoms with E-state index in [1.807, 2.05) is 24.3 Å². The van der Waals surface area contributed by atoms with E-state index < -0.39 is 0 Å². The van der Waals surface area contributed by atoms with E-state index in [2.05, 4.69) is 46.3 Å². The predicted octanol–water partition coefficient (Wildman–Crippen LogP) is 5.16. The van der Waals surface area contributed by atoms with Crippen LogP contribution in [0.1, 0.15) is 36.3 Å². The molecule has 0 saturated carbocycles. The lowest BCUT2D eigenvalue weighted by Gasteiger charge is -2.09. The van der Waals surface area contributed by atoms with Crippen LogP contribution < -0.4 is 4.74 Å². The fourth-order valence-electron chi connectivity index (χ4n) is 2.46. The van der Waals surface area contributed by atoms with Crippen molar-refractivity contribution in [2.45, 2.75) is 31.6 Å². The quantitative estimate of drug-likeness (QED) is 0.326. The standard InChI is InChI=1S/C20H23BrO2/c21-15-19(16-22)18-10-12-20(13-11-18)23-14-6-2-5-9-17-7-3-1-4-8-17/h1,3-4,7-8,10-13,16,19H,2,5-6,9,14-15H2. The first kappa shape index (κ1) is 17.7. The van der Waals surface area contributed by atoms with Gasteiger partial charge in [-0.25, -0.2) is 0 Å². The van der Waals surface area contributed by atoms with Gasteiger partial charge in [0, 0.05) is 11.2 Å². The molecule has 2 aromatic rings. The van der Waals surface area contributed by atoms with Crippen molar-refractivity contribution in [1.29, 1.82) is 0 Å². The first-order valence-corrected chi connectivity index (χ1v) is 9.23. The van der Waals surface area contributed by atoms with Crippen LogP contribution in [0.25, 0.3) is 0 Å². The number of carbonyl (C=O) groups excluding carboxylic acids is 1. The lowest BCUT2D eigenvalue weighted by Crippen LogP contribution is -2.02. The van der Waals surface area contributed by atoms with E-state index >= 15 is 0 Å². The summed E-state index contributed by atoms with van der Waals surface area (Å²) in [5.41, 5.74) is 2.42. The van der Waals surface area contributed by atoms with E-state index in [1.165, 1.54) is 18.4 Å². The van der Waals surface area contributed by atoms with E-state index in [9.17, 15) is 4.79 Å². The number of benzene rings is 2. The number of rotatable bonds is 10. The van der Waals surface area contributed by atoms with E-state index in [1.54, 1.807) is 0 Å². The molecule has 2 rings (SSSR count). The van der Waals surface area contributed by atoms with Gasteiger partial charge in [0.2, 0.25) is 0 Å². The maximum Gasteiger partial charge on any atom is 0.128 e. The topological polar surface area (TPSA) is 26.3 Å². The smallest absolute Gasteiger partial charge is 0.128 e. The molecule has 1 atom stereocenters. The molecule has 0 aromatic heterocycles. The molecule has 3 heteroatoms. The molecule has 0 spiro atoms. The van der Waals surface area contributed by atoms with Crippen LogP contribution in [0, 0.1) is 0 Å². The number of halogens is 1. The third kappa shape index (κ3) is 6.19. The largest absolute Gasteiger partial charge is 0.494 e. The Labute approximate surface area is 147 Å². The number of aldehydes is 1. The molecule has 0 saturated heterocycles. The average molecular weight is 375 g/mol. The van der Waals surface area contributed by atoms with Gasteiger partial charge in [-0.3, -0.25) is 0 Å². The molecule has 0 bridgehead atoms. The highest BCUT2D eigenvalue weighted by Gasteiger charge is 2.08. The minimum absolute atomic E-state index is 0.0814. The van der Waals surface area contributed by atoms with Crippen molar-refractivity contribution in [3.8, 4) is 5.75 Å². The lowest BCUT2D eigenvalue weighted by atomic mass is 10.0. The van der Waals surface area contributed by atoms with Crippen molar-refractivity contribution in [3.63, 3.8) is 0 Å². The SMILES string of the molecule is O=CC(CBr)c1ccc(OCCCCCc2ccccc2)cc1. The maximum absolute atomic E-state index is 10.9. The van der Waals surface area contributed by atoms with Crippen molar-refractivity contribution in [1.82, 2.24) is 0 Å². The Balaban J connectivity index is 1.63. The van der Waals surface area contributed by atoms with Gasteiger partial charge in [0.15, 0.2) is 0 Å². The zero-order chi connectivity index (χ0) is 16.3. The van der Waals surface area contributed by atoms with Gasteiger partial charge in [-0.1, -0.05) is 58.4 Å². The summed E-state index contributed by atoms with van der Waals surface area (Å²) >= 11 is 3.35. The Kier molecular flexibility index (Phi) is 7.88. The van der Waals surface area contributed by atoms with Gasteiger partial charge in [-0.2, -0.15) is 0 Å². The summed E-state index contributed by atoms with van der Waals surface area (Å²) < 4.78 is 5.76. The van der Waals surface area contributed by atoms with Gasteiger partial charge < -0.3 is 9.53 Å². The number of ether oxygens (including phenoxy) is 1. The second kappa shape index (κ2) is 10.2. The minimum Gasteiger partial charge on any atom is -0.494 e. The zero-order valence-corrected chi connectivity index (χ0v) is 14.9. The Morgan fingerprint density at radius 2 is 1.70 bits per heavy atom. The highest BCUT2D eigenvalue weighted by Crippen LogP contribution is 2.20. The minimum atomic E-state index is -0.0814. The highest BCUT2D eigenvalue weighted by atomic mass is 79.9. The first-order valence-electron chi connectivity index (χ1n) is 8.11. The van der Waals surface area contributed by atoms with Crippen molar-refractivity contribution in [3.05, 3.63) is 65.7 Å². The molecule has 23 heavy (non-hydrogen) atoms. The van der Waals surface area contributed by atoms with Gasteiger partial charge in [0.05, 0.1) is 6.61 Å². The third-order valence-electron chi connectivity index (χ3n) is 3.86. The third-order valence-corrected chi connectivity index (χ3v) is 4.56. The van der Waals surface area contributed by atoms with E-state index in [0.717, 1.165) is 37.0 Å². The number of carbonyl (C=O) groups is 1. The number of unbranched alkanes of at least 4 members (excludes halogenated alkanes) is 2. The van der Waals surface area contributed by atoms with E-state index in [4.69, 9.17) is 4.74 Å². The van der Waals surface area contributed by atoms with Crippen LogP contribution in [0.3, 0.4) is 0 Å². The van der Waals surface area contributed by atoms with Crippen molar-refractivity contribution >= 4 is 22.2 Å². The Hall–Kier alpha value is -1.61. The molecule has 0 N–H and O–H groups in total. The summed E-state index contributed by atoms with van der Waals surface area (Å²) in [6, 6.07) is 18.4. The van der Waals surface area contributed by atoms with Crippen LogP contribution in [0.2, 0.25) is 0 Å². The van der Waals surface area contributed by atoms with Crippen LogP contribution >= 0.6 is 15.9 Å². The Morgan fingerprint density at radius 1 is 0.957 bits per heavy atom. The fourth-order valence-corrected chi connectivity index (χ4v) is 2.98. The van der Waals surface area contributed by atoms with Crippen LogP contribution in [-0.2, 0) is 11.2 Å². The molecule has 0 heterocycles. The zero-order valence-electron chi connectivity index (χ0n) is 13.3. The highest BCUT2D eigenvalue weighted by molar-refractivity contribution is 9.09. The van der Waals surface area contributed by atoms with Gasteiger partial charge in [0.25, 0.3) is 0 Å². The molecule has 2 aromatic carbocycles. The maximum atomic E-state index is 10.9. The molecule has 0 radical (unpaired) electrons. The molecular formula is C20H23BrO2. The van der Waals surface area contributed by atoms with Crippen molar-refractivity contribution < 1.29 is 9.53 Å². The molecule has 0 aliphatic heterocycles. The molecule has 0 aliphatic carbocycles. The van der Waals surface area contributed by atoms with Crippen molar-refractivity contribution in [2.75, 3.05) is 11.9 Å². The molecule has 1 unspecified atom stereocenters. The summed E-state index contributed by atoms with van der Waals surface area (Å²) in [7, 11) is 0. The summed E-state index contributed by atoms with van der Waals surface area (Å²) in [5, 5.41) is 0.651. The number of hydrogen-bond donors (Lipinski definition) is 0. The second-order valence-corrected chi connectivity index (χ2v) is 6.26. The number of hydrogen-bond acceptors (Lipinski definition) is 2. The lowest BCUT2D eigenvalue weighted by molar-refractivity contribution is -0.108. The van der Waals surface area contributed by atoms with Crippen LogP contribution in [-0.4, -0.2) is 18.2 Å². The van der Waals surface area contributed by atoms with Gasteiger partial charge in [0.1, 0.15) is 12.0 Å². The normalized spacial score (nSPS) is 11.9. The summed E-state index contributed by atoms with van der Waals surface area (Å²) in [5.74, 6) is 0.790. The van der Waals surface area contributed by atoms with Gasteiger partial charge in [-0.15, -0.1) is 0 Å². The van der Waals surface area contributed by atoms with Gasteiger partial charge in [-0.05, 0) is 48.9 Å². The van der Waals surface area contributed by atoms with Crippen LogP contribution in [0.5, 0.6) is 5.75 Å². The second-order valence-electron chi connectivity index (χ2n) is 5.61. The molecule has 122 valence electrons. The Morgan fingerprint density at radius 3 is 2.35 bits per heavy atom. The predicted molar refractivity (Wildman–Crippen MR) is 98.5 cm³/mol. The fraction of sp³-hybridized carbons (Fsp3) is 0.350. The molecule has 2 nitrogen and oxygen atoms in total. The summed E-state index contributed by atoms with van der Waals surface area (Å²) in [6.07, 6.45) is 5.53. The van der Waals surface area contributed by atoms with E-state index in [-0.39, 0.29) is 5.92 Å². The van der Waals surface area contributed by atoms with E-state index in [0.29, 0.717) is 5.33 Å². The summed E-state index contributed by atoms with van der Waals surface area (Å²) in [6.45, 7) is 0.740. The molecular weight excluding hydrogens is 352 g/mol. The number of aryl methyl sites for hydroxylation is 1. The first-order chi connectivity index (χ1) is 11.3. The number of alkyl halides is 1. The van der Waals surface area contributed by atoms with Crippen LogP contribution in [0.4, 0.5) is 0 Å². The van der Waals surface area contributed by atoms with Crippen LogP contribution in [0.15, 0.2) is 54.6 Å². The van der Waals surface area contributed by atoms with Gasteiger partial charge >= 0.3 is 0 Å². The molecule has 0 fully saturated rings. The molecule has 0 aliphatic rings. The Bertz CT molecular complexity index is 566. The van der Waals surface area contributed by atoms with Crippen molar-refractivity contribution in [2.24, 2.45) is 0 Å². The molecule has 0 amide bonds. The summed E-state index contributed by atoms with van der Waals surface area (Å²) in [4.78, 5) is 10.9. The average Bonchev–Trinajstić information content (AvgIpc) is 2.61.